The van der Waals surface area contributed by atoms with Crippen LogP contribution in [0.3, 0.4) is 0 Å². The molecule has 0 atom stereocenters. The summed E-state index contributed by atoms with van der Waals surface area (Å²) >= 11 is 0. The van der Waals surface area contributed by atoms with Crippen LogP contribution in [0.5, 0.6) is 0 Å². The SMILES string of the molecule is CS(=O)(=O)c1ccoc1. The van der Waals surface area contributed by atoms with Gasteiger partial charge in [0, 0.05) is 6.26 Å². The third kappa shape index (κ3) is 1.32. The van der Waals surface area contributed by atoms with Gasteiger partial charge in [-0.25, -0.2) is 8.42 Å². The van der Waals surface area contributed by atoms with E-state index in [-0.39, 0.29) is 4.90 Å². The van der Waals surface area contributed by atoms with Gasteiger partial charge >= 0.3 is 0 Å². The highest BCUT2D eigenvalue weighted by atomic mass is 32.2. The van der Waals surface area contributed by atoms with Crippen molar-refractivity contribution in [2.75, 3.05) is 6.26 Å². The molecule has 0 spiro atoms. The molecule has 4 heteroatoms. The van der Waals surface area contributed by atoms with Crippen LogP contribution in [-0.4, -0.2) is 14.7 Å². The molecular weight excluding hydrogens is 140 g/mol. The largest absolute Gasteiger partial charge is 0.471 e. The highest BCUT2D eigenvalue weighted by Crippen LogP contribution is 2.06. The molecule has 50 valence electrons. The Bertz CT molecular complexity index is 269. The Balaban J connectivity index is 3.20. The maximum atomic E-state index is 10.6. The molecule has 9 heavy (non-hydrogen) atoms. The number of furan rings is 1. The molecule has 0 radical (unpaired) electrons. The Labute approximate surface area is 53.2 Å². The predicted octanol–water partition coefficient (Wildman–Crippen LogP) is 0.683. The first-order valence-corrected chi connectivity index (χ1v) is 4.22. The van der Waals surface area contributed by atoms with Crippen LogP contribution < -0.4 is 0 Å². The van der Waals surface area contributed by atoms with Crippen LogP contribution in [0.2, 0.25) is 0 Å². The lowest BCUT2D eigenvalue weighted by molar-refractivity contribution is 0.557. The maximum absolute atomic E-state index is 10.6. The first-order valence-electron chi connectivity index (χ1n) is 2.33. The van der Waals surface area contributed by atoms with E-state index >= 15 is 0 Å². The minimum Gasteiger partial charge on any atom is -0.471 e. The summed E-state index contributed by atoms with van der Waals surface area (Å²) in [5.74, 6) is 0. The van der Waals surface area contributed by atoms with E-state index in [0.29, 0.717) is 0 Å². The standard InChI is InChI=1S/C5H6O3S/c1-9(6,7)5-2-3-8-4-5/h2-4H,1H3. The molecule has 0 aliphatic heterocycles. The van der Waals surface area contributed by atoms with Crippen molar-refractivity contribution in [2.24, 2.45) is 0 Å². The van der Waals surface area contributed by atoms with E-state index in [0.717, 1.165) is 6.26 Å². The fourth-order valence-corrected chi connectivity index (χ4v) is 0.996. The van der Waals surface area contributed by atoms with Crippen LogP contribution in [-0.2, 0) is 9.84 Å². The average Bonchev–Trinajstić information content (AvgIpc) is 2.08. The summed E-state index contributed by atoms with van der Waals surface area (Å²) in [4.78, 5) is 0.225. The molecule has 0 aromatic carbocycles. The second-order valence-electron chi connectivity index (χ2n) is 1.73. The summed E-state index contributed by atoms with van der Waals surface area (Å²) < 4.78 is 25.8. The molecule has 1 heterocycles. The van der Waals surface area contributed by atoms with E-state index in [2.05, 4.69) is 4.42 Å². The van der Waals surface area contributed by atoms with E-state index in [1.807, 2.05) is 0 Å². The van der Waals surface area contributed by atoms with E-state index < -0.39 is 9.84 Å². The minimum absolute atomic E-state index is 0.225. The lowest BCUT2D eigenvalue weighted by atomic mass is 10.7. The summed E-state index contributed by atoms with van der Waals surface area (Å²) in [5.41, 5.74) is 0. The Morgan fingerprint density at radius 2 is 2.22 bits per heavy atom. The summed E-state index contributed by atoms with van der Waals surface area (Å²) in [6.07, 6.45) is 3.67. The highest BCUT2D eigenvalue weighted by molar-refractivity contribution is 7.90. The van der Waals surface area contributed by atoms with E-state index in [9.17, 15) is 8.42 Å². The van der Waals surface area contributed by atoms with Gasteiger partial charge in [-0.2, -0.15) is 0 Å². The number of rotatable bonds is 1. The molecule has 0 unspecified atom stereocenters. The zero-order valence-corrected chi connectivity index (χ0v) is 5.68. The minimum atomic E-state index is -3.05. The first-order chi connectivity index (χ1) is 4.11. The molecule has 3 nitrogen and oxygen atoms in total. The third-order valence-electron chi connectivity index (χ3n) is 0.923. The van der Waals surface area contributed by atoms with Gasteiger partial charge in [-0.3, -0.25) is 0 Å². The fourth-order valence-electron chi connectivity index (χ4n) is 0.463. The van der Waals surface area contributed by atoms with Gasteiger partial charge in [0.25, 0.3) is 0 Å². The highest BCUT2D eigenvalue weighted by Gasteiger charge is 2.05. The van der Waals surface area contributed by atoms with Crippen molar-refractivity contribution in [3.8, 4) is 0 Å². The normalized spacial score (nSPS) is 11.7. The van der Waals surface area contributed by atoms with Crippen LogP contribution in [0.4, 0.5) is 0 Å². The molecule has 0 saturated heterocycles. The van der Waals surface area contributed by atoms with Gasteiger partial charge < -0.3 is 4.42 Å². The summed E-state index contributed by atoms with van der Waals surface area (Å²) in [6.45, 7) is 0. The van der Waals surface area contributed by atoms with Gasteiger partial charge in [-0.15, -0.1) is 0 Å². The molecule has 1 aromatic rings. The Hall–Kier alpha value is -0.770. The van der Waals surface area contributed by atoms with E-state index in [4.69, 9.17) is 0 Å². The van der Waals surface area contributed by atoms with Crippen LogP contribution in [0.25, 0.3) is 0 Å². The van der Waals surface area contributed by atoms with Crippen LogP contribution in [0.1, 0.15) is 0 Å². The topological polar surface area (TPSA) is 47.3 Å². The van der Waals surface area contributed by atoms with E-state index in [1.54, 1.807) is 0 Å². The average molecular weight is 146 g/mol. The number of hydrogen-bond acceptors (Lipinski definition) is 3. The zero-order valence-electron chi connectivity index (χ0n) is 4.87. The molecule has 0 aliphatic rings. The van der Waals surface area contributed by atoms with Gasteiger partial charge in [-0.1, -0.05) is 0 Å². The van der Waals surface area contributed by atoms with Crippen molar-refractivity contribution in [2.45, 2.75) is 4.90 Å². The fraction of sp³-hybridized carbons (Fsp3) is 0.200. The summed E-state index contributed by atoms with van der Waals surface area (Å²) in [6, 6.07) is 1.41. The second-order valence-corrected chi connectivity index (χ2v) is 3.75. The van der Waals surface area contributed by atoms with Crippen molar-refractivity contribution in [3.63, 3.8) is 0 Å². The Kier molecular flexibility index (Phi) is 1.32. The molecule has 0 aliphatic carbocycles. The lowest BCUT2D eigenvalue weighted by Gasteiger charge is -1.85. The summed E-state index contributed by atoms with van der Waals surface area (Å²) in [7, 11) is -3.05. The van der Waals surface area contributed by atoms with Crippen molar-refractivity contribution >= 4 is 9.84 Å². The molecule has 1 rings (SSSR count). The molecule has 0 N–H and O–H groups in total. The molecule has 0 saturated carbocycles. The van der Waals surface area contributed by atoms with Crippen molar-refractivity contribution in [3.05, 3.63) is 18.6 Å². The summed E-state index contributed by atoms with van der Waals surface area (Å²) in [5, 5.41) is 0. The zero-order chi connectivity index (χ0) is 6.91. The predicted molar refractivity (Wildman–Crippen MR) is 31.8 cm³/mol. The molecule has 0 amide bonds. The smallest absolute Gasteiger partial charge is 0.178 e. The first kappa shape index (κ1) is 6.35. The molecular formula is C5H6O3S. The van der Waals surface area contributed by atoms with Crippen LogP contribution in [0, 0.1) is 0 Å². The van der Waals surface area contributed by atoms with Gasteiger partial charge in [-0.05, 0) is 6.07 Å². The number of hydrogen-bond donors (Lipinski definition) is 0. The van der Waals surface area contributed by atoms with Gasteiger partial charge in [0.05, 0.1) is 6.26 Å². The van der Waals surface area contributed by atoms with Crippen molar-refractivity contribution < 1.29 is 12.8 Å². The van der Waals surface area contributed by atoms with E-state index in [1.165, 1.54) is 18.6 Å². The quantitative estimate of drug-likeness (QED) is 0.585. The molecule has 0 fully saturated rings. The number of sulfone groups is 1. The Morgan fingerprint density at radius 3 is 2.44 bits per heavy atom. The molecule has 1 aromatic heterocycles. The van der Waals surface area contributed by atoms with Gasteiger partial charge in [0.1, 0.15) is 11.2 Å². The lowest BCUT2D eigenvalue weighted by Crippen LogP contribution is -1.93. The van der Waals surface area contributed by atoms with Gasteiger partial charge in [0.2, 0.25) is 0 Å². The Morgan fingerprint density at radius 1 is 1.56 bits per heavy atom. The monoisotopic (exact) mass is 146 g/mol. The van der Waals surface area contributed by atoms with Crippen LogP contribution in [0.15, 0.2) is 27.9 Å². The van der Waals surface area contributed by atoms with Gasteiger partial charge in [0.15, 0.2) is 9.84 Å². The van der Waals surface area contributed by atoms with Crippen molar-refractivity contribution in [1.82, 2.24) is 0 Å². The molecule has 0 bridgehead atoms. The maximum Gasteiger partial charge on any atom is 0.178 e. The van der Waals surface area contributed by atoms with Crippen LogP contribution >= 0.6 is 0 Å². The third-order valence-corrected chi connectivity index (χ3v) is 2.01. The second kappa shape index (κ2) is 1.88. The van der Waals surface area contributed by atoms with Crippen molar-refractivity contribution in [1.29, 1.82) is 0 Å².